The van der Waals surface area contributed by atoms with Crippen molar-refractivity contribution in [2.24, 2.45) is 0 Å². The molecule has 0 radical (unpaired) electrons. The third kappa shape index (κ3) is 6.34. The lowest BCUT2D eigenvalue weighted by atomic mass is 10.2. The zero-order chi connectivity index (χ0) is 17.8. The van der Waals surface area contributed by atoms with Gasteiger partial charge in [-0.15, -0.1) is 0 Å². The second-order valence-corrected chi connectivity index (χ2v) is 15.3. The van der Waals surface area contributed by atoms with Crippen LogP contribution in [0.4, 0.5) is 0 Å². The molecule has 0 atom stereocenters. The van der Waals surface area contributed by atoms with E-state index in [-0.39, 0.29) is 11.8 Å². The van der Waals surface area contributed by atoms with Crippen molar-refractivity contribution in [1.29, 1.82) is 0 Å². The van der Waals surface area contributed by atoms with Crippen LogP contribution in [0.5, 0.6) is 11.5 Å². The van der Waals surface area contributed by atoms with Crippen molar-refractivity contribution in [1.82, 2.24) is 0 Å². The minimum absolute atomic E-state index is 0.112. The van der Waals surface area contributed by atoms with Gasteiger partial charge < -0.3 is 13.9 Å². The lowest BCUT2D eigenvalue weighted by Gasteiger charge is -2.37. The topological polar surface area (TPSA) is 27.7 Å². The third-order valence-electron chi connectivity index (χ3n) is 3.83. The molecular weight excluding hydrogens is 555 g/mol. The standard InChI is InChI=1S/C16H23Br2IO3Si/c1-16(2,3)23(5,6)22-14-7-11(8-15(17)18)12(19)9-13(14)21-10-20-4/h7-9H,10H2,1-6H3. The van der Waals surface area contributed by atoms with Crippen LogP contribution in [0.2, 0.25) is 18.1 Å². The normalized spacial score (nSPS) is 12.0. The molecule has 0 aliphatic rings. The van der Waals surface area contributed by atoms with Gasteiger partial charge in [0.15, 0.2) is 12.5 Å². The highest BCUT2D eigenvalue weighted by Gasteiger charge is 2.39. The van der Waals surface area contributed by atoms with E-state index in [1.54, 1.807) is 7.11 Å². The number of benzene rings is 1. The fourth-order valence-corrected chi connectivity index (χ4v) is 3.62. The molecule has 1 aromatic carbocycles. The molecule has 0 unspecified atom stereocenters. The molecule has 0 spiro atoms. The first-order valence-electron chi connectivity index (χ1n) is 7.15. The Balaban J connectivity index is 3.32. The average molecular weight is 578 g/mol. The first kappa shape index (κ1) is 21.5. The van der Waals surface area contributed by atoms with Crippen LogP contribution in [0.15, 0.2) is 15.5 Å². The number of rotatable bonds is 6. The molecule has 0 N–H and O–H groups in total. The van der Waals surface area contributed by atoms with Gasteiger partial charge in [0.2, 0.25) is 0 Å². The summed E-state index contributed by atoms with van der Waals surface area (Å²) in [6.07, 6.45) is 2.00. The molecule has 0 aliphatic carbocycles. The van der Waals surface area contributed by atoms with E-state index >= 15 is 0 Å². The van der Waals surface area contributed by atoms with Crippen molar-refractivity contribution in [3.05, 3.63) is 24.7 Å². The second-order valence-electron chi connectivity index (χ2n) is 6.67. The fraction of sp³-hybridized carbons (Fsp3) is 0.500. The van der Waals surface area contributed by atoms with Crippen molar-refractivity contribution >= 4 is 68.8 Å². The van der Waals surface area contributed by atoms with Crippen LogP contribution in [-0.2, 0) is 4.74 Å². The molecule has 23 heavy (non-hydrogen) atoms. The quantitative estimate of drug-likeness (QED) is 0.213. The SMILES string of the molecule is COCOc1cc(I)c(C=C(Br)Br)cc1O[Si](C)(C)C(C)(C)C. The van der Waals surface area contributed by atoms with E-state index in [2.05, 4.69) is 88.3 Å². The molecule has 1 rings (SSSR count). The first-order valence-corrected chi connectivity index (χ1v) is 12.7. The summed E-state index contributed by atoms with van der Waals surface area (Å²) in [7, 11) is -0.354. The predicted molar refractivity (Wildman–Crippen MR) is 115 cm³/mol. The van der Waals surface area contributed by atoms with Gasteiger partial charge in [-0.1, -0.05) is 20.8 Å². The van der Waals surface area contributed by atoms with E-state index in [0.717, 1.165) is 18.3 Å². The van der Waals surface area contributed by atoms with Gasteiger partial charge >= 0.3 is 0 Å². The van der Waals surface area contributed by atoms with E-state index in [4.69, 9.17) is 13.9 Å². The summed E-state index contributed by atoms with van der Waals surface area (Å²) in [4.78, 5) is 0. The molecule has 0 saturated heterocycles. The van der Waals surface area contributed by atoms with Gasteiger partial charge in [-0.2, -0.15) is 0 Å². The van der Waals surface area contributed by atoms with Gasteiger partial charge in [0.05, 0.1) is 3.39 Å². The Bertz CT molecular complexity index is 579. The van der Waals surface area contributed by atoms with Gasteiger partial charge in [-0.3, -0.25) is 0 Å². The molecule has 3 nitrogen and oxygen atoms in total. The van der Waals surface area contributed by atoms with E-state index in [0.29, 0.717) is 5.75 Å². The number of hydrogen-bond donors (Lipinski definition) is 0. The van der Waals surface area contributed by atoms with Crippen molar-refractivity contribution < 1.29 is 13.9 Å². The largest absolute Gasteiger partial charge is 0.541 e. The average Bonchev–Trinajstić information content (AvgIpc) is 2.38. The maximum Gasteiger partial charge on any atom is 0.250 e. The monoisotopic (exact) mass is 576 g/mol. The number of hydrogen-bond acceptors (Lipinski definition) is 3. The van der Waals surface area contributed by atoms with E-state index < -0.39 is 8.32 Å². The Hall–Kier alpha value is 0.427. The Labute approximate surface area is 170 Å². The summed E-state index contributed by atoms with van der Waals surface area (Å²) in [6, 6.07) is 4.01. The van der Waals surface area contributed by atoms with E-state index in [9.17, 15) is 0 Å². The number of ether oxygens (including phenoxy) is 2. The van der Waals surface area contributed by atoms with Crippen molar-refractivity contribution in [2.75, 3.05) is 13.9 Å². The Morgan fingerprint density at radius 3 is 2.30 bits per heavy atom. The van der Waals surface area contributed by atoms with Crippen molar-refractivity contribution in [3.63, 3.8) is 0 Å². The van der Waals surface area contributed by atoms with Crippen LogP contribution in [0.3, 0.4) is 0 Å². The summed E-state index contributed by atoms with van der Waals surface area (Å²) in [6.45, 7) is 11.3. The van der Waals surface area contributed by atoms with Gasteiger partial charge in [0.25, 0.3) is 8.32 Å². The highest BCUT2D eigenvalue weighted by Crippen LogP contribution is 2.41. The number of methoxy groups -OCH3 is 1. The van der Waals surface area contributed by atoms with Crippen molar-refractivity contribution in [3.8, 4) is 11.5 Å². The Morgan fingerprint density at radius 2 is 1.83 bits per heavy atom. The molecule has 0 aliphatic heterocycles. The minimum atomic E-state index is -1.96. The summed E-state index contributed by atoms with van der Waals surface area (Å²) >= 11 is 9.12. The predicted octanol–water partition coefficient (Wildman–Crippen LogP) is 6.75. The lowest BCUT2D eigenvalue weighted by Crippen LogP contribution is -2.44. The van der Waals surface area contributed by atoms with Crippen LogP contribution in [0.1, 0.15) is 26.3 Å². The summed E-state index contributed by atoms with van der Waals surface area (Å²) < 4.78 is 19.2. The van der Waals surface area contributed by atoms with Gasteiger partial charge in [-0.05, 0) is 96.4 Å². The van der Waals surface area contributed by atoms with Gasteiger partial charge in [0, 0.05) is 10.7 Å². The van der Waals surface area contributed by atoms with Crippen LogP contribution < -0.4 is 9.16 Å². The smallest absolute Gasteiger partial charge is 0.250 e. The Kier molecular flexibility index (Phi) is 8.11. The Morgan fingerprint density at radius 1 is 1.22 bits per heavy atom. The molecule has 0 aromatic heterocycles. The fourth-order valence-electron chi connectivity index (χ4n) is 1.52. The summed E-state index contributed by atoms with van der Waals surface area (Å²) in [5, 5.41) is 0.112. The first-order chi connectivity index (χ1) is 10.5. The van der Waals surface area contributed by atoms with Crippen LogP contribution >= 0.6 is 54.5 Å². The van der Waals surface area contributed by atoms with Gasteiger partial charge in [0.1, 0.15) is 5.75 Å². The highest BCUT2D eigenvalue weighted by molar-refractivity contribution is 14.1. The molecule has 0 amide bonds. The summed E-state index contributed by atoms with van der Waals surface area (Å²) in [5.41, 5.74) is 1.06. The minimum Gasteiger partial charge on any atom is -0.541 e. The molecule has 7 heteroatoms. The van der Waals surface area contributed by atoms with E-state index in [1.807, 2.05) is 18.2 Å². The molecule has 0 heterocycles. The maximum atomic E-state index is 6.47. The lowest BCUT2D eigenvalue weighted by molar-refractivity contribution is 0.0497. The highest BCUT2D eigenvalue weighted by atomic mass is 127. The van der Waals surface area contributed by atoms with Crippen LogP contribution in [0, 0.1) is 3.57 Å². The van der Waals surface area contributed by atoms with E-state index in [1.165, 1.54) is 0 Å². The second kappa shape index (κ2) is 8.69. The zero-order valence-corrected chi connectivity index (χ0v) is 20.6. The van der Waals surface area contributed by atoms with Gasteiger partial charge in [-0.25, -0.2) is 0 Å². The molecule has 0 bridgehead atoms. The van der Waals surface area contributed by atoms with Crippen LogP contribution in [-0.4, -0.2) is 22.2 Å². The molecule has 0 fully saturated rings. The molecular formula is C16H23Br2IO3Si. The summed E-state index contributed by atoms with van der Waals surface area (Å²) in [5.74, 6) is 1.48. The van der Waals surface area contributed by atoms with Crippen molar-refractivity contribution in [2.45, 2.75) is 38.9 Å². The maximum absolute atomic E-state index is 6.47. The molecule has 1 aromatic rings. The third-order valence-corrected chi connectivity index (χ3v) is 9.57. The molecule has 130 valence electrons. The number of halogens is 3. The van der Waals surface area contributed by atoms with Crippen LogP contribution in [0.25, 0.3) is 6.08 Å². The zero-order valence-electron chi connectivity index (χ0n) is 14.3. The molecule has 0 saturated carbocycles.